The molecule has 2 aliphatic rings. The Hall–Kier alpha value is -4.24. The lowest BCUT2D eigenvalue weighted by atomic mass is 9.69. The number of benzene rings is 2. The third-order valence-corrected chi connectivity index (χ3v) is 7.74. The van der Waals surface area contributed by atoms with E-state index in [4.69, 9.17) is 9.72 Å². The minimum atomic E-state index is -0.901. The first-order chi connectivity index (χ1) is 18.7. The van der Waals surface area contributed by atoms with Gasteiger partial charge in [-0.15, -0.1) is 10.2 Å². The maximum absolute atomic E-state index is 12.4. The predicted molar refractivity (Wildman–Crippen MR) is 145 cm³/mol. The van der Waals surface area contributed by atoms with Gasteiger partial charge in [0.1, 0.15) is 12.3 Å². The van der Waals surface area contributed by atoms with Crippen molar-refractivity contribution in [2.24, 2.45) is 0 Å². The van der Waals surface area contributed by atoms with E-state index in [0.717, 1.165) is 47.2 Å². The van der Waals surface area contributed by atoms with Gasteiger partial charge in [-0.1, -0.05) is 54.6 Å². The van der Waals surface area contributed by atoms with E-state index in [1.807, 2.05) is 81.4 Å². The lowest BCUT2D eigenvalue weighted by Crippen LogP contribution is -2.60. The summed E-state index contributed by atoms with van der Waals surface area (Å²) in [6.07, 6.45) is 1.68. The molecule has 6 rings (SSSR count). The molecule has 0 saturated heterocycles. The smallest absolute Gasteiger partial charge is 0.408 e. The monoisotopic (exact) mass is 525 g/mol. The normalized spacial score (nSPS) is 15.5. The first kappa shape index (κ1) is 25.1. The zero-order valence-corrected chi connectivity index (χ0v) is 22.3. The van der Waals surface area contributed by atoms with Gasteiger partial charge in [-0.3, -0.25) is 9.47 Å². The molecule has 0 bridgehead atoms. The molecule has 1 aliphatic carbocycles. The van der Waals surface area contributed by atoms with Crippen LogP contribution < -0.4 is 4.74 Å². The van der Waals surface area contributed by atoms with Crippen LogP contribution in [0.2, 0.25) is 0 Å². The highest BCUT2D eigenvalue weighted by Gasteiger charge is 2.50. The molecule has 4 aromatic rings. The van der Waals surface area contributed by atoms with Crippen LogP contribution in [0.4, 0.5) is 4.79 Å². The lowest BCUT2D eigenvalue weighted by Gasteiger charge is -2.54. The van der Waals surface area contributed by atoms with Crippen molar-refractivity contribution in [3.8, 4) is 34.0 Å². The minimum Gasteiger partial charge on any atom is -0.468 e. The van der Waals surface area contributed by atoms with Gasteiger partial charge in [-0.25, -0.2) is 9.78 Å². The Morgan fingerprint density at radius 1 is 1.05 bits per heavy atom. The summed E-state index contributed by atoms with van der Waals surface area (Å²) in [5.74, 6) is 1.48. The molecule has 9 heteroatoms. The molecule has 1 fully saturated rings. The average molecular weight is 526 g/mol. The van der Waals surface area contributed by atoms with E-state index in [2.05, 4.69) is 10.2 Å². The summed E-state index contributed by atoms with van der Waals surface area (Å²) in [4.78, 5) is 19.0. The zero-order chi connectivity index (χ0) is 27.4. The lowest BCUT2D eigenvalue weighted by molar-refractivity contribution is -0.0328. The molecule has 39 heavy (non-hydrogen) atoms. The molecule has 2 aromatic heterocycles. The van der Waals surface area contributed by atoms with Crippen LogP contribution in [0.3, 0.4) is 0 Å². The number of amides is 1. The number of aliphatic hydroxyl groups is 1. The van der Waals surface area contributed by atoms with Crippen molar-refractivity contribution in [2.75, 3.05) is 0 Å². The van der Waals surface area contributed by atoms with Gasteiger partial charge in [0, 0.05) is 16.7 Å². The van der Waals surface area contributed by atoms with Crippen LogP contribution in [0.1, 0.15) is 57.2 Å². The Balaban J connectivity index is 1.47. The molecule has 3 heterocycles. The molecule has 0 unspecified atom stereocenters. The SMILES string of the molecule is CC(C)(C)N(C(=O)O)C1(c2ccc(-c3nc4c(cc3-c3ccccc3)-n3c(CO)nnc3CO4)cc2)CCC1. The average Bonchev–Trinajstić information content (AvgIpc) is 3.33. The quantitative estimate of drug-likeness (QED) is 0.352. The molecule has 1 saturated carbocycles. The maximum atomic E-state index is 12.4. The number of hydrogen-bond acceptors (Lipinski definition) is 6. The minimum absolute atomic E-state index is 0.205. The van der Waals surface area contributed by atoms with E-state index < -0.39 is 17.2 Å². The van der Waals surface area contributed by atoms with Gasteiger partial charge in [0.05, 0.1) is 11.2 Å². The number of hydrogen-bond donors (Lipinski definition) is 2. The van der Waals surface area contributed by atoms with E-state index in [0.29, 0.717) is 23.2 Å². The number of aliphatic hydroxyl groups excluding tert-OH is 1. The molecule has 2 aromatic carbocycles. The largest absolute Gasteiger partial charge is 0.468 e. The van der Waals surface area contributed by atoms with E-state index >= 15 is 0 Å². The van der Waals surface area contributed by atoms with E-state index in [1.165, 1.54) is 0 Å². The standard InChI is InChI=1S/C30H31N5O4/c1-29(2,3)35(28(37)38)30(14-7-15-30)21-12-10-20(11-13-21)26-22(19-8-5-4-6-9-19)16-23-27(31-26)39-18-25-33-32-24(17-36)34(23)25/h4-6,8-13,16,36H,7,14-15,17-18H2,1-3H3,(H,37,38). The number of nitrogens with zero attached hydrogens (tertiary/aromatic N) is 5. The third-order valence-electron chi connectivity index (χ3n) is 7.74. The van der Waals surface area contributed by atoms with Gasteiger partial charge in [-0.05, 0) is 57.2 Å². The number of aromatic nitrogens is 4. The molecule has 0 spiro atoms. The second-order valence-electron chi connectivity index (χ2n) is 11.1. The van der Waals surface area contributed by atoms with Gasteiger partial charge in [-0.2, -0.15) is 0 Å². The number of carbonyl (C=O) groups is 1. The number of rotatable bonds is 5. The van der Waals surface area contributed by atoms with E-state index in [9.17, 15) is 15.0 Å². The Morgan fingerprint density at radius 2 is 1.77 bits per heavy atom. The number of carboxylic acid groups (broad SMARTS) is 1. The maximum Gasteiger partial charge on any atom is 0.408 e. The highest BCUT2D eigenvalue weighted by molar-refractivity contribution is 5.83. The van der Waals surface area contributed by atoms with Gasteiger partial charge in [0.2, 0.25) is 5.88 Å². The van der Waals surface area contributed by atoms with Gasteiger partial charge < -0.3 is 14.9 Å². The fourth-order valence-electron chi connectivity index (χ4n) is 5.97. The second-order valence-corrected chi connectivity index (χ2v) is 11.1. The first-order valence-corrected chi connectivity index (χ1v) is 13.1. The Bertz CT molecular complexity index is 1520. The van der Waals surface area contributed by atoms with E-state index in [1.54, 1.807) is 9.47 Å². The van der Waals surface area contributed by atoms with E-state index in [-0.39, 0.29) is 13.2 Å². The summed E-state index contributed by atoms with van der Waals surface area (Å²) in [5.41, 5.74) is 4.14. The second kappa shape index (κ2) is 9.20. The topological polar surface area (TPSA) is 114 Å². The summed E-state index contributed by atoms with van der Waals surface area (Å²) in [6.45, 7) is 5.79. The summed E-state index contributed by atoms with van der Waals surface area (Å²) in [7, 11) is 0. The number of ether oxygens (including phenoxy) is 1. The number of fused-ring (bicyclic) bond motifs is 3. The Morgan fingerprint density at radius 3 is 2.36 bits per heavy atom. The molecular formula is C30H31N5O4. The third kappa shape index (κ3) is 4.04. The first-order valence-electron chi connectivity index (χ1n) is 13.1. The predicted octanol–water partition coefficient (Wildman–Crippen LogP) is 5.54. The van der Waals surface area contributed by atoms with Crippen molar-refractivity contribution in [3.63, 3.8) is 0 Å². The zero-order valence-electron chi connectivity index (χ0n) is 22.3. The van der Waals surface area contributed by atoms with Crippen LogP contribution in [-0.4, -0.2) is 46.5 Å². The van der Waals surface area contributed by atoms with Gasteiger partial charge in [0.15, 0.2) is 18.3 Å². The van der Waals surface area contributed by atoms with Crippen LogP contribution in [0.5, 0.6) is 5.88 Å². The molecule has 200 valence electrons. The molecule has 0 atom stereocenters. The highest BCUT2D eigenvalue weighted by Crippen LogP contribution is 2.50. The van der Waals surface area contributed by atoms with Crippen molar-refractivity contribution in [2.45, 2.75) is 64.3 Å². The highest BCUT2D eigenvalue weighted by atomic mass is 16.5. The molecule has 2 N–H and O–H groups in total. The molecule has 0 radical (unpaired) electrons. The van der Waals surface area contributed by atoms with Crippen LogP contribution in [0, 0.1) is 0 Å². The Labute approximate surface area is 226 Å². The van der Waals surface area contributed by atoms with Gasteiger partial charge >= 0.3 is 6.09 Å². The van der Waals surface area contributed by atoms with Crippen LogP contribution >= 0.6 is 0 Å². The van der Waals surface area contributed by atoms with Crippen molar-refractivity contribution < 1.29 is 19.7 Å². The van der Waals surface area contributed by atoms with Crippen molar-refractivity contribution in [1.29, 1.82) is 0 Å². The van der Waals surface area contributed by atoms with Crippen molar-refractivity contribution >= 4 is 6.09 Å². The van der Waals surface area contributed by atoms with Crippen molar-refractivity contribution in [3.05, 3.63) is 77.9 Å². The molecule has 1 amide bonds. The summed E-state index contributed by atoms with van der Waals surface area (Å²) in [6, 6.07) is 20.1. The van der Waals surface area contributed by atoms with Crippen LogP contribution in [0.15, 0.2) is 60.7 Å². The molecule has 1 aliphatic heterocycles. The summed E-state index contributed by atoms with van der Waals surface area (Å²) >= 11 is 0. The fourth-order valence-corrected chi connectivity index (χ4v) is 5.97. The van der Waals surface area contributed by atoms with Crippen LogP contribution in [-0.2, 0) is 18.8 Å². The van der Waals surface area contributed by atoms with Crippen LogP contribution in [0.25, 0.3) is 28.1 Å². The Kier molecular flexibility index (Phi) is 5.91. The molecular weight excluding hydrogens is 494 g/mol. The summed E-state index contributed by atoms with van der Waals surface area (Å²) < 4.78 is 7.78. The fraction of sp³-hybridized carbons (Fsp3) is 0.333. The number of pyridine rings is 1. The summed E-state index contributed by atoms with van der Waals surface area (Å²) in [5, 5.41) is 28.2. The van der Waals surface area contributed by atoms with Crippen molar-refractivity contribution in [1.82, 2.24) is 24.6 Å². The van der Waals surface area contributed by atoms with Gasteiger partial charge in [0.25, 0.3) is 0 Å². The molecule has 9 nitrogen and oxygen atoms in total.